The number of nitrogens with zero attached hydrogens (tertiary/aromatic N) is 3. The molecule has 2 aromatic rings. The molecule has 0 aromatic carbocycles. The van der Waals surface area contributed by atoms with Crippen LogP contribution in [0.25, 0.3) is 5.65 Å². The van der Waals surface area contributed by atoms with E-state index in [2.05, 4.69) is 15.5 Å². The summed E-state index contributed by atoms with van der Waals surface area (Å²) in [6.45, 7) is 3.88. The average molecular weight is 261 g/mol. The second-order valence-corrected chi connectivity index (χ2v) is 4.61. The lowest BCUT2D eigenvalue weighted by atomic mass is 10.1. The quantitative estimate of drug-likeness (QED) is 0.842. The van der Waals surface area contributed by atoms with Gasteiger partial charge in [-0.3, -0.25) is 9.20 Å². The largest absolute Gasteiger partial charge is 0.345 e. The van der Waals surface area contributed by atoms with E-state index in [4.69, 9.17) is 5.73 Å². The summed E-state index contributed by atoms with van der Waals surface area (Å²) in [6.07, 6.45) is 3.44. The van der Waals surface area contributed by atoms with Crippen molar-refractivity contribution in [1.82, 2.24) is 19.9 Å². The Labute approximate surface area is 112 Å². The molecule has 0 saturated heterocycles. The molecule has 3 N–H and O–H groups in total. The molecule has 0 bridgehead atoms. The summed E-state index contributed by atoms with van der Waals surface area (Å²) in [6, 6.07) is 4.97. The smallest absolute Gasteiger partial charge is 0.237 e. The van der Waals surface area contributed by atoms with E-state index in [0.717, 1.165) is 12.1 Å². The zero-order valence-electron chi connectivity index (χ0n) is 11.2. The van der Waals surface area contributed by atoms with Gasteiger partial charge < -0.3 is 11.1 Å². The van der Waals surface area contributed by atoms with Crippen LogP contribution in [0.1, 0.15) is 38.6 Å². The van der Waals surface area contributed by atoms with Gasteiger partial charge in [0, 0.05) is 6.20 Å². The van der Waals surface area contributed by atoms with Gasteiger partial charge in [0.05, 0.1) is 12.1 Å². The molecule has 0 aliphatic rings. The SMILES string of the molecule is CCCC(N)C(=O)NC(C)c1nnc2ccccn12. The Morgan fingerprint density at radius 2 is 2.26 bits per heavy atom. The summed E-state index contributed by atoms with van der Waals surface area (Å²) >= 11 is 0. The van der Waals surface area contributed by atoms with Crippen LogP contribution in [0.3, 0.4) is 0 Å². The van der Waals surface area contributed by atoms with E-state index in [9.17, 15) is 4.79 Å². The van der Waals surface area contributed by atoms with Crippen molar-refractivity contribution >= 4 is 11.6 Å². The van der Waals surface area contributed by atoms with Gasteiger partial charge >= 0.3 is 0 Å². The zero-order chi connectivity index (χ0) is 13.8. The molecule has 0 aliphatic heterocycles. The van der Waals surface area contributed by atoms with Crippen molar-refractivity contribution in [1.29, 1.82) is 0 Å². The van der Waals surface area contributed by atoms with Crippen LogP contribution in [0, 0.1) is 0 Å². The van der Waals surface area contributed by atoms with E-state index in [1.807, 2.05) is 42.6 Å². The third-order valence-corrected chi connectivity index (χ3v) is 3.02. The van der Waals surface area contributed by atoms with Gasteiger partial charge in [0.1, 0.15) is 0 Å². The molecule has 19 heavy (non-hydrogen) atoms. The molecule has 0 aliphatic carbocycles. The first-order chi connectivity index (χ1) is 9.13. The maximum atomic E-state index is 11.9. The summed E-state index contributed by atoms with van der Waals surface area (Å²) in [7, 11) is 0. The highest BCUT2D eigenvalue weighted by Crippen LogP contribution is 2.11. The van der Waals surface area contributed by atoms with Gasteiger partial charge in [-0.1, -0.05) is 19.4 Å². The number of carbonyl (C=O) groups excluding carboxylic acids is 1. The van der Waals surface area contributed by atoms with Crippen LogP contribution < -0.4 is 11.1 Å². The van der Waals surface area contributed by atoms with Gasteiger partial charge in [-0.25, -0.2) is 0 Å². The number of carbonyl (C=O) groups is 1. The number of hydrogen-bond acceptors (Lipinski definition) is 4. The third kappa shape index (κ3) is 2.90. The summed E-state index contributed by atoms with van der Waals surface area (Å²) in [5.74, 6) is 0.551. The summed E-state index contributed by atoms with van der Waals surface area (Å²) in [5, 5.41) is 11.0. The monoisotopic (exact) mass is 261 g/mol. The highest BCUT2D eigenvalue weighted by atomic mass is 16.2. The minimum absolute atomic E-state index is 0.151. The van der Waals surface area contributed by atoms with Gasteiger partial charge in [-0.15, -0.1) is 10.2 Å². The van der Waals surface area contributed by atoms with E-state index in [1.165, 1.54) is 0 Å². The molecule has 2 aromatic heterocycles. The van der Waals surface area contributed by atoms with Crippen LogP contribution in [0.2, 0.25) is 0 Å². The molecule has 0 radical (unpaired) electrons. The van der Waals surface area contributed by atoms with Crippen LogP contribution in [-0.2, 0) is 4.79 Å². The zero-order valence-corrected chi connectivity index (χ0v) is 11.2. The molecule has 0 saturated carbocycles. The van der Waals surface area contributed by atoms with Gasteiger partial charge in [-0.2, -0.15) is 0 Å². The topological polar surface area (TPSA) is 85.3 Å². The Bertz CT molecular complexity index is 565. The number of amides is 1. The fraction of sp³-hybridized carbons (Fsp3) is 0.462. The predicted octanol–water partition coefficient (Wildman–Crippen LogP) is 1.03. The van der Waals surface area contributed by atoms with Crippen LogP contribution in [-0.4, -0.2) is 26.5 Å². The van der Waals surface area contributed by atoms with Crippen LogP contribution in [0.5, 0.6) is 0 Å². The molecule has 2 atom stereocenters. The lowest BCUT2D eigenvalue weighted by Gasteiger charge is -2.16. The first-order valence-electron chi connectivity index (χ1n) is 6.49. The molecule has 1 amide bonds. The van der Waals surface area contributed by atoms with Gasteiger partial charge in [0.2, 0.25) is 5.91 Å². The van der Waals surface area contributed by atoms with Crippen molar-refractivity contribution in [3.05, 3.63) is 30.2 Å². The lowest BCUT2D eigenvalue weighted by molar-refractivity contribution is -0.123. The molecular weight excluding hydrogens is 242 g/mol. The van der Waals surface area contributed by atoms with Crippen molar-refractivity contribution < 1.29 is 4.79 Å². The summed E-state index contributed by atoms with van der Waals surface area (Å²) in [5.41, 5.74) is 6.55. The number of hydrogen-bond donors (Lipinski definition) is 2. The first-order valence-corrected chi connectivity index (χ1v) is 6.49. The molecule has 6 nitrogen and oxygen atoms in total. The fourth-order valence-electron chi connectivity index (χ4n) is 1.98. The highest BCUT2D eigenvalue weighted by molar-refractivity contribution is 5.81. The average Bonchev–Trinajstić information content (AvgIpc) is 2.82. The second kappa shape index (κ2) is 5.79. The standard InChI is InChI=1S/C13H19N5O/c1-3-6-10(14)13(19)15-9(2)12-17-16-11-7-4-5-8-18(11)12/h4-5,7-10H,3,6,14H2,1-2H3,(H,15,19). The Morgan fingerprint density at radius 3 is 3.00 bits per heavy atom. The van der Waals surface area contributed by atoms with Crippen molar-refractivity contribution in [2.24, 2.45) is 5.73 Å². The number of nitrogens with one attached hydrogen (secondary N) is 1. The summed E-state index contributed by atoms with van der Waals surface area (Å²) < 4.78 is 1.86. The van der Waals surface area contributed by atoms with E-state index in [-0.39, 0.29) is 11.9 Å². The molecule has 0 fully saturated rings. The molecule has 2 unspecified atom stereocenters. The number of aromatic nitrogens is 3. The number of nitrogens with two attached hydrogens (primary N) is 1. The van der Waals surface area contributed by atoms with Crippen molar-refractivity contribution in [3.8, 4) is 0 Å². The molecule has 2 rings (SSSR count). The first kappa shape index (κ1) is 13.5. The van der Waals surface area contributed by atoms with E-state index in [1.54, 1.807) is 0 Å². The molecular formula is C13H19N5O. The molecule has 0 spiro atoms. The Hall–Kier alpha value is -1.95. The van der Waals surface area contributed by atoms with Gasteiger partial charge in [-0.05, 0) is 25.5 Å². The maximum Gasteiger partial charge on any atom is 0.237 e. The molecule has 102 valence electrons. The maximum absolute atomic E-state index is 11.9. The predicted molar refractivity (Wildman–Crippen MR) is 72.4 cm³/mol. The van der Waals surface area contributed by atoms with Crippen LogP contribution >= 0.6 is 0 Å². The minimum atomic E-state index is -0.466. The van der Waals surface area contributed by atoms with Gasteiger partial charge in [0.25, 0.3) is 0 Å². The van der Waals surface area contributed by atoms with Crippen molar-refractivity contribution in [2.75, 3.05) is 0 Å². The van der Waals surface area contributed by atoms with Crippen molar-refractivity contribution in [2.45, 2.75) is 38.8 Å². The van der Waals surface area contributed by atoms with E-state index < -0.39 is 6.04 Å². The van der Waals surface area contributed by atoms with E-state index in [0.29, 0.717) is 12.2 Å². The highest BCUT2D eigenvalue weighted by Gasteiger charge is 2.19. The van der Waals surface area contributed by atoms with E-state index >= 15 is 0 Å². The Morgan fingerprint density at radius 1 is 1.47 bits per heavy atom. The minimum Gasteiger partial charge on any atom is -0.345 e. The third-order valence-electron chi connectivity index (χ3n) is 3.02. The fourth-order valence-corrected chi connectivity index (χ4v) is 1.98. The Balaban J connectivity index is 2.12. The molecule has 2 heterocycles. The normalized spacial score (nSPS) is 14.3. The van der Waals surface area contributed by atoms with Crippen LogP contribution in [0.15, 0.2) is 24.4 Å². The molecule has 6 heteroatoms. The van der Waals surface area contributed by atoms with Crippen molar-refractivity contribution in [3.63, 3.8) is 0 Å². The number of rotatable bonds is 5. The lowest BCUT2D eigenvalue weighted by Crippen LogP contribution is -2.41. The summed E-state index contributed by atoms with van der Waals surface area (Å²) in [4.78, 5) is 11.9. The van der Waals surface area contributed by atoms with Gasteiger partial charge in [0.15, 0.2) is 11.5 Å². The Kier molecular flexibility index (Phi) is 4.11. The second-order valence-electron chi connectivity index (χ2n) is 4.61. The number of pyridine rings is 1. The van der Waals surface area contributed by atoms with Crippen LogP contribution in [0.4, 0.5) is 0 Å². The number of fused-ring (bicyclic) bond motifs is 1.